The number of fused-ring (bicyclic) bond motifs is 1. The van der Waals surface area contributed by atoms with E-state index in [0.29, 0.717) is 0 Å². The van der Waals surface area contributed by atoms with E-state index in [4.69, 9.17) is 0 Å². The van der Waals surface area contributed by atoms with Crippen molar-refractivity contribution in [2.75, 3.05) is 18.4 Å². The van der Waals surface area contributed by atoms with Gasteiger partial charge >= 0.3 is 0 Å². The quantitative estimate of drug-likeness (QED) is 0.420. The van der Waals surface area contributed by atoms with Crippen LogP contribution in [0, 0.1) is 0 Å². The van der Waals surface area contributed by atoms with Gasteiger partial charge in [0, 0.05) is 24.7 Å². The molecule has 0 radical (unpaired) electrons. The molecule has 1 atom stereocenters. The van der Waals surface area contributed by atoms with E-state index in [2.05, 4.69) is 33.4 Å². The summed E-state index contributed by atoms with van der Waals surface area (Å²) in [4.78, 5) is 20.4. The van der Waals surface area contributed by atoms with E-state index in [1.54, 1.807) is 11.3 Å². The summed E-state index contributed by atoms with van der Waals surface area (Å²) >= 11 is 1.67. The van der Waals surface area contributed by atoms with Crippen molar-refractivity contribution in [2.45, 2.75) is 25.3 Å². The van der Waals surface area contributed by atoms with Crippen LogP contribution in [0.4, 0.5) is 5.13 Å². The van der Waals surface area contributed by atoms with E-state index < -0.39 is 0 Å². The summed E-state index contributed by atoms with van der Waals surface area (Å²) in [5.74, 6) is 0.121. The maximum atomic E-state index is 13.6. The minimum atomic E-state index is 0.121. The highest BCUT2D eigenvalue weighted by Crippen LogP contribution is 2.29. The van der Waals surface area contributed by atoms with Crippen molar-refractivity contribution >= 4 is 32.6 Å². The molecule has 0 aliphatic carbocycles. The number of carbonyl (C=O) groups excluding carboxylic acids is 1. The normalized spacial score (nSPS) is 16.4. The molecule has 1 N–H and O–H groups in total. The van der Waals surface area contributed by atoms with Gasteiger partial charge in [0.05, 0.1) is 10.2 Å². The van der Waals surface area contributed by atoms with Crippen LogP contribution in [0.15, 0.2) is 78.9 Å². The first-order valence-corrected chi connectivity index (χ1v) is 11.7. The van der Waals surface area contributed by atoms with E-state index in [-0.39, 0.29) is 11.9 Å². The Morgan fingerprint density at radius 1 is 0.968 bits per heavy atom. The minimum absolute atomic E-state index is 0.121. The molecule has 4 nitrogen and oxygen atoms in total. The molecule has 0 spiro atoms. The van der Waals surface area contributed by atoms with Gasteiger partial charge in [0.1, 0.15) is 0 Å². The van der Waals surface area contributed by atoms with Crippen LogP contribution in [0.1, 0.15) is 29.6 Å². The van der Waals surface area contributed by atoms with E-state index in [1.807, 2.05) is 60.7 Å². The van der Waals surface area contributed by atoms with Crippen LogP contribution in [-0.4, -0.2) is 34.9 Å². The molecule has 1 aliphatic heterocycles. The number of amides is 1. The van der Waals surface area contributed by atoms with Gasteiger partial charge in [-0.3, -0.25) is 4.79 Å². The number of hydrogen-bond acceptors (Lipinski definition) is 4. The summed E-state index contributed by atoms with van der Waals surface area (Å²) in [6.45, 7) is 1.52. The Labute approximate surface area is 186 Å². The first kappa shape index (κ1) is 19.8. The molecule has 0 bridgehead atoms. The lowest BCUT2D eigenvalue weighted by Gasteiger charge is -2.36. The molecule has 5 rings (SSSR count). The second-order valence-corrected chi connectivity index (χ2v) is 8.96. The van der Waals surface area contributed by atoms with Crippen molar-refractivity contribution in [3.63, 3.8) is 0 Å². The lowest BCUT2D eigenvalue weighted by Crippen LogP contribution is -2.47. The van der Waals surface area contributed by atoms with Gasteiger partial charge in [0.25, 0.3) is 5.91 Å². The van der Waals surface area contributed by atoms with E-state index in [1.165, 1.54) is 4.70 Å². The third kappa shape index (κ3) is 4.19. The molecule has 2 heterocycles. The Hall–Kier alpha value is -3.18. The third-order valence-corrected chi connectivity index (χ3v) is 6.91. The number of nitrogens with one attached hydrogen (secondary N) is 1. The zero-order chi connectivity index (χ0) is 21.0. The Morgan fingerprint density at radius 2 is 1.74 bits per heavy atom. The SMILES string of the molecule is O=C(c1ccccc1-c1ccccc1)N1CCCCC1CNc1nc2ccccc2s1. The van der Waals surface area contributed by atoms with Crippen LogP contribution < -0.4 is 5.32 Å². The average Bonchev–Trinajstić information content (AvgIpc) is 3.26. The van der Waals surface area contributed by atoms with Gasteiger partial charge in [-0.15, -0.1) is 0 Å². The van der Waals surface area contributed by atoms with Gasteiger partial charge in [-0.2, -0.15) is 0 Å². The number of benzene rings is 3. The molecular weight excluding hydrogens is 402 g/mol. The van der Waals surface area contributed by atoms with Gasteiger partial charge in [-0.05, 0) is 48.6 Å². The molecule has 1 aromatic heterocycles. The molecule has 31 heavy (non-hydrogen) atoms. The predicted molar refractivity (Wildman–Crippen MR) is 129 cm³/mol. The van der Waals surface area contributed by atoms with Gasteiger partial charge in [0.15, 0.2) is 5.13 Å². The summed E-state index contributed by atoms with van der Waals surface area (Å²) < 4.78 is 1.18. The lowest BCUT2D eigenvalue weighted by molar-refractivity contribution is 0.0629. The van der Waals surface area contributed by atoms with Crippen LogP contribution in [-0.2, 0) is 0 Å². The summed E-state index contributed by atoms with van der Waals surface area (Å²) in [6.07, 6.45) is 3.21. The Kier molecular flexibility index (Phi) is 5.67. The number of para-hydroxylation sites is 1. The highest BCUT2D eigenvalue weighted by molar-refractivity contribution is 7.22. The van der Waals surface area contributed by atoms with Gasteiger partial charge < -0.3 is 10.2 Å². The lowest BCUT2D eigenvalue weighted by atomic mass is 9.96. The summed E-state index contributed by atoms with van der Waals surface area (Å²) in [7, 11) is 0. The van der Waals surface area contributed by atoms with Crippen molar-refractivity contribution in [3.05, 3.63) is 84.4 Å². The second-order valence-electron chi connectivity index (χ2n) is 7.93. The fourth-order valence-electron chi connectivity index (χ4n) is 4.33. The number of thiazole rings is 1. The molecule has 1 aliphatic rings. The molecule has 4 aromatic rings. The summed E-state index contributed by atoms with van der Waals surface area (Å²) in [5, 5.41) is 4.42. The van der Waals surface area contributed by atoms with E-state index in [0.717, 1.165) is 59.7 Å². The average molecular weight is 428 g/mol. The van der Waals surface area contributed by atoms with Crippen LogP contribution in [0.2, 0.25) is 0 Å². The van der Waals surface area contributed by atoms with Gasteiger partial charge in [-0.1, -0.05) is 72.0 Å². The molecule has 1 saturated heterocycles. The van der Waals surface area contributed by atoms with Gasteiger partial charge in [-0.25, -0.2) is 4.98 Å². The van der Waals surface area contributed by atoms with Crippen molar-refractivity contribution in [2.24, 2.45) is 0 Å². The van der Waals surface area contributed by atoms with Crippen molar-refractivity contribution in [1.29, 1.82) is 0 Å². The van der Waals surface area contributed by atoms with E-state index in [9.17, 15) is 4.79 Å². The van der Waals surface area contributed by atoms with Crippen molar-refractivity contribution in [1.82, 2.24) is 9.88 Å². The van der Waals surface area contributed by atoms with Crippen LogP contribution >= 0.6 is 11.3 Å². The number of likely N-dealkylation sites (tertiary alicyclic amines) is 1. The topological polar surface area (TPSA) is 45.2 Å². The van der Waals surface area contributed by atoms with Crippen LogP contribution in [0.3, 0.4) is 0 Å². The Bertz CT molecular complexity index is 1150. The smallest absolute Gasteiger partial charge is 0.254 e. The van der Waals surface area contributed by atoms with Crippen LogP contribution in [0.25, 0.3) is 21.3 Å². The third-order valence-electron chi connectivity index (χ3n) is 5.91. The number of hydrogen-bond donors (Lipinski definition) is 1. The largest absolute Gasteiger partial charge is 0.359 e. The molecule has 0 saturated carbocycles. The zero-order valence-electron chi connectivity index (χ0n) is 17.3. The predicted octanol–water partition coefficient (Wildman–Crippen LogP) is 6.07. The molecule has 5 heteroatoms. The minimum Gasteiger partial charge on any atom is -0.359 e. The first-order valence-electron chi connectivity index (χ1n) is 10.8. The number of anilines is 1. The van der Waals surface area contributed by atoms with Gasteiger partial charge in [0.2, 0.25) is 0 Å². The monoisotopic (exact) mass is 427 g/mol. The standard InChI is InChI=1S/C26H25N3OS/c30-25(22-14-5-4-13-21(22)19-10-2-1-3-11-19)29-17-9-8-12-20(29)18-27-26-28-23-15-6-7-16-24(23)31-26/h1-7,10-11,13-16,20H,8-9,12,17-18H2,(H,27,28). The van der Waals surface area contributed by atoms with E-state index >= 15 is 0 Å². The molecule has 3 aromatic carbocycles. The first-order chi connectivity index (χ1) is 15.3. The molecule has 1 unspecified atom stereocenters. The zero-order valence-corrected chi connectivity index (χ0v) is 18.1. The maximum Gasteiger partial charge on any atom is 0.254 e. The fraction of sp³-hybridized carbons (Fsp3) is 0.231. The fourth-order valence-corrected chi connectivity index (χ4v) is 5.20. The number of carbonyl (C=O) groups is 1. The number of aromatic nitrogens is 1. The Balaban J connectivity index is 1.36. The van der Waals surface area contributed by atoms with Crippen LogP contribution in [0.5, 0.6) is 0 Å². The Morgan fingerprint density at radius 3 is 2.61 bits per heavy atom. The second kappa shape index (κ2) is 8.90. The summed E-state index contributed by atoms with van der Waals surface area (Å²) in [6, 6.07) is 26.5. The molecule has 156 valence electrons. The maximum absolute atomic E-state index is 13.6. The highest BCUT2D eigenvalue weighted by Gasteiger charge is 2.29. The summed E-state index contributed by atoms with van der Waals surface area (Å²) in [5.41, 5.74) is 3.87. The number of piperidine rings is 1. The molecule has 1 amide bonds. The number of rotatable bonds is 5. The van der Waals surface area contributed by atoms with Crippen molar-refractivity contribution in [3.8, 4) is 11.1 Å². The number of nitrogens with zero attached hydrogens (tertiary/aromatic N) is 2. The highest BCUT2D eigenvalue weighted by atomic mass is 32.1. The molecular formula is C26H25N3OS. The molecule has 1 fully saturated rings. The van der Waals surface area contributed by atoms with Crippen molar-refractivity contribution < 1.29 is 4.79 Å².